The predicted octanol–water partition coefficient (Wildman–Crippen LogP) is 2.24. The van der Waals surface area contributed by atoms with Crippen molar-refractivity contribution in [2.45, 2.75) is 24.3 Å². The highest BCUT2D eigenvalue weighted by atomic mass is 32.2. The van der Waals surface area contributed by atoms with E-state index in [2.05, 4.69) is 18.3 Å². The zero-order valence-electron chi connectivity index (χ0n) is 9.75. The molecule has 1 aromatic rings. The molecule has 0 saturated carbocycles. The van der Waals surface area contributed by atoms with E-state index >= 15 is 0 Å². The van der Waals surface area contributed by atoms with Crippen molar-refractivity contribution in [3.8, 4) is 5.75 Å². The fourth-order valence-electron chi connectivity index (χ4n) is 1.95. The van der Waals surface area contributed by atoms with Crippen molar-refractivity contribution < 1.29 is 4.74 Å². The normalized spacial score (nSPS) is 18.8. The highest BCUT2D eigenvalue weighted by molar-refractivity contribution is 7.99. The second kappa shape index (κ2) is 4.97. The van der Waals surface area contributed by atoms with Gasteiger partial charge in [0.15, 0.2) is 0 Å². The Labute approximate surface area is 101 Å². The summed E-state index contributed by atoms with van der Waals surface area (Å²) < 4.78 is 5.39. The van der Waals surface area contributed by atoms with Gasteiger partial charge in [0.05, 0.1) is 12.8 Å². The average molecular weight is 238 g/mol. The Morgan fingerprint density at radius 3 is 3.06 bits per heavy atom. The molecule has 0 bridgehead atoms. The Morgan fingerprint density at radius 2 is 2.38 bits per heavy atom. The number of benzene rings is 1. The largest absolute Gasteiger partial charge is 0.495 e. The highest BCUT2D eigenvalue weighted by Gasteiger charge is 2.22. The molecule has 16 heavy (non-hydrogen) atoms. The van der Waals surface area contributed by atoms with Crippen LogP contribution in [-0.2, 0) is 0 Å². The summed E-state index contributed by atoms with van der Waals surface area (Å²) in [7, 11) is 1.71. The third kappa shape index (κ3) is 2.13. The van der Waals surface area contributed by atoms with Crippen LogP contribution < -0.4 is 15.8 Å². The van der Waals surface area contributed by atoms with Crippen LogP contribution in [0.15, 0.2) is 17.0 Å². The van der Waals surface area contributed by atoms with Gasteiger partial charge in [-0.15, -0.1) is 11.8 Å². The third-order valence-electron chi connectivity index (χ3n) is 2.83. The van der Waals surface area contributed by atoms with E-state index < -0.39 is 0 Å². The molecule has 2 rings (SSSR count). The molecule has 1 heterocycles. The van der Waals surface area contributed by atoms with E-state index in [1.54, 1.807) is 7.11 Å². The van der Waals surface area contributed by atoms with E-state index in [0.29, 0.717) is 6.04 Å². The molecule has 0 aromatic heterocycles. The minimum Gasteiger partial charge on any atom is -0.495 e. The van der Waals surface area contributed by atoms with Gasteiger partial charge in [-0.2, -0.15) is 0 Å². The van der Waals surface area contributed by atoms with Gasteiger partial charge in [0.25, 0.3) is 0 Å². The first-order valence-electron chi connectivity index (χ1n) is 5.53. The van der Waals surface area contributed by atoms with Gasteiger partial charge in [0, 0.05) is 16.7 Å². The molecule has 0 fully saturated rings. The van der Waals surface area contributed by atoms with Gasteiger partial charge in [-0.05, 0) is 31.5 Å². The molecule has 3 nitrogen and oxygen atoms in total. The minimum atomic E-state index is 0.457. The summed E-state index contributed by atoms with van der Waals surface area (Å²) in [5.74, 6) is 2.01. The maximum atomic E-state index is 5.60. The first-order valence-corrected chi connectivity index (χ1v) is 6.51. The Kier molecular flexibility index (Phi) is 3.61. The summed E-state index contributed by atoms with van der Waals surface area (Å²) in [4.78, 5) is 1.31. The number of fused-ring (bicyclic) bond motifs is 1. The van der Waals surface area contributed by atoms with E-state index in [4.69, 9.17) is 10.5 Å². The lowest BCUT2D eigenvalue weighted by Gasteiger charge is -2.28. The number of thioether (sulfide) groups is 1. The number of anilines is 1. The van der Waals surface area contributed by atoms with Gasteiger partial charge in [-0.3, -0.25) is 0 Å². The van der Waals surface area contributed by atoms with Crippen molar-refractivity contribution in [2.75, 3.05) is 24.7 Å². The minimum absolute atomic E-state index is 0.457. The van der Waals surface area contributed by atoms with Crippen LogP contribution in [0.25, 0.3) is 0 Å². The Hall–Kier alpha value is -0.870. The lowest BCUT2D eigenvalue weighted by atomic mass is 10.1. The van der Waals surface area contributed by atoms with Crippen molar-refractivity contribution in [2.24, 2.45) is 5.73 Å². The third-order valence-corrected chi connectivity index (χ3v) is 4.21. The highest BCUT2D eigenvalue weighted by Crippen LogP contribution is 2.42. The molecule has 1 atom stereocenters. The molecular formula is C12H18N2OS. The van der Waals surface area contributed by atoms with Crippen LogP contribution in [0.3, 0.4) is 0 Å². The van der Waals surface area contributed by atoms with Crippen molar-refractivity contribution in [3.05, 3.63) is 17.7 Å². The van der Waals surface area contributed by atoms with Gasteiger partial charge < -0.3 is 15.8 Å². The fourth-order valence-corrected chi connectivity index (χ4v) is 3.17. The van der Waals surface area contributed by atoms with Gasteiger partial charge in [-0.25, -0.2) is 0 Å². The van der Waals surface area contributed by atoms with Gasteiger partial charge in [-0.1, -0.05) is 6.07 Å². The first kappa shape index (κ1) is 11.6. The number of hydrogen-bond acceptors (Lipinski definition) is 4. The quantitative estimate of drug-likeness (QED) is 0.848. The predicted molar refractivity (Wildman–Crippen MR) is 69.5 cm³/mol. The number of nitrogens with one attached hydrogen (secondary N) is 1. The number of hydrogen-bond donors (Lipinski definition) is 2. The maximum absolute atomic E-state index is 5.60. The summed E-state index contributed by atoms with van der Waals surface area (Å²) in [5, 5.41) is 3.53. The molecular weight excluding hydrogens is 220 g/mol. The van der Waals surface area contributed by atoms with Crippen molar-refractivity contribution in [3.63, 3.8) is 0 Å². The Morgan fingerprint density at radius 1 is 1.56 bits per heavy atom. The van der Waals surface area contributed by atoms with Gasteiger partial charge in [0.2, 0.25) is 0 Å². The summed E-state index contributed by atoms with van der Waals surface area (Å²) in [5.41, 5.74) is 8.04. The standard InChI is InChI=1S/C12H18N2OS/c1-8-3-4-10(15-2)11-12(8)16-7-9(14-11)5-6-13/h3-4,9,14H,5-7,13H2,1-2H3. The molecule has 4 heteroatoms. The van der Waals surface area contributed by atoms with Crippen LogP contribution in [0.5, 0.6) is 5.75 Å². The van der Waals surface area contributed by atoms with Crippen LogP contribution >= 0.6 is 11.8 Å². The lowest BCUT2D eigenvalue weighted by molar-refractivity contribution is 0.414. The molecule has 0 amide bonds. The molecule has 0 spiro atoms. The van der Waals surface area contributed by atoms with Crippen LogP contribution in [0.2, 0.25) is 0 Å². The zero-order valence-corrected chi connectivity index (χ0v) is 10.6. The number of methoxy groups -OCH3 is 1. The monoisotopic (exact) mass is 238 g/mol. The van der Waals surface area contributed by atoms with Crippen LogP contribution in [0.4, 0.5) is 5.69 Å². The molecule has 0 aliphatic carbocycles. The fraction of sp³-hybridized carbons (Fsp3) is 0.500. The maximum Gasteiger partial charge on any atom is 0.143 e. The van der Waals surface area contributed by atoms with Crippen molar-refractivity contribution >= 4 is 17.4 Å². The van der Waals surface area contributed by atoms with E-state index in [-0.39, 0.29) is 0 Å². The molecule has 1 aliphatic heterocycles. The van der Waals surface area contributed by atoms with Crippen LogP contribution in [0.1, 0.15) is 12.0 Å². The molecule has 1 aliphatic rings. The molecule has 3 N–H and O–H groups in total. The lowest BCUT2D eigenvalue weighted by Crippen LogP contribution is -2.29. The Balaban J connectivity index is 2.31. The summed E-state index contributed by atoms with van der Waals surface area (Å²) in [6, 6.07) is 4.58. The summed E-state index contributed by atoms with van der Waals surface area (Å²) in [6.07, 6.45) is 1.00. The second-order valence-corrected chi connectivity index (χ2v) is 5.05. The van der Waals surface area contributed by atoms with E-state index in [1.165, 1.54) is 10.5 Å². The van der Waals surface area contributed by atoms with Crippen LogP contribution in [0, 0.1) is 6.92 Å². The molecule has 0 saturated heterocycles. The van der Waals surface area contributed by atoms with Crippen molar-refractivity contribution in [1.82, 2.24) is 0 Å². The molecule has 88 valence electrons. The molecule has 0 radical (unpaired) electrons. The van der Waals surface area contributed by atoms with E-state index in [9.17, 15) is 0 Å². The SMILES string of the molecule is COc1ccc(C)c2c1NC(CCN)CS2. The molecule has 1 unspecified atom stereocenters. The topological polar surface area (TPSA) is 47.3 Å². The van der Waals surface area contributed by atoms with E-state index in [1.807, 2.05) is 17.8 Å². The number of ether oxygens (including phenoxy) is 1. The number of rotatable bonds is 3. The average Bonchev–Trinajstić information content (AvgIpc) is 2.30. The number of aryl methyl sites for hydroxylation is 1. The Bertz CT molecular complexity index is 382. The first-order chi connectivity index (χ1) is 7.76. The summed E-state index contributed by atoms with van der Waals surface area (Å²) >= 11 is 1.89. The zero-order chi connectivity index (χ0) is 11.5. The second-order valence-electron chi connectivity index (χ2n) is 4.02. The molecule has 1 aromatic carbocycles. The van der Waals surface area contributed by atoms with E-state index in [0.717, 1.165) is 30.2 Å². The van der Waals surface area contributed by atoms with Gasteiger partial charge >= 0.3 is 0 Å². The van der Waals surface area contributed by atoms with Gasteiger partial charge in [0.1, 0.15) is 5.75 Å². The van der Waals surface area contributed by atoms with Crippen LogP contribution in [-0.4, -0.2) is 25.4 Å². The smallest absolute Gasteiger partial charge is 0.143 e. The summed E-state index contributed by atoms with van der Waals surface area (Å²) in [6.45, 7) is 2.86. The number of nitrogens with two attached hydrogens (primary N) is 1. The van der Waals surface area contributed by atoms with Crippen molar-refractivity contribution in [1.29, 1.82) is 0 Å².